The summed E-state index contributed by atoms with van der Waals surface area (Å²) >= 11 is 6.01. The number of hydrogen-bond acceptors (Lipinski definition) is 4. The van der Waals surface area contributed by atoms with Gasteiger partial charge in [-0.3, -0.25) is 4.79 Å². The standard InChI is InChI=1S/C15H14ClN3O2/c16-10-5-6-13(17)19-14(10)15(20)18-11-7-8-21-12-4-2-1-3-9(11)12/h1-6,11H,7-8H2,(H2,17,19)(H,18,20). The number of carbonyl (C=O) groups is 1. The number of anilines is 1. The first kappa shape index (κ1) is 13.7. The molecule has 0 spiro atoms. The molecule has 1 aromatic heterocycles. The Morgan fingerprint density at radius 3 is 3.00 bits per heavy atom. The van der Waals surface area contributed by atoms with Crippen LogP contribution in [-0.2, 0) is 0 Å². The monoisotopic (exact) mass is 303 g/mol. The Kier molecular flexibility index (Phi) is 3.66. The van der Waals surface area contributed by atoms with Crippen LogP contribution in [0.25, 0.3) is 0 Å². The molecular weight excluding hydrogens is 290 g/mol. The Morgan fingerprint density at radius 1 is 1.33 bits per heavy atom. The van der Waals surface area contributed by atoms with Crippen LogP contribution in [0.5, 0.6) is 5.75 Å². The third-order valence-electron chi connectivity index (χ3n) is 3.35. The topological polar surface area (TPSA) is 77.2 Å². The minimum absolute atomic E-state index is 0.123. The van der Waals surface area contributed by atoms with E-state index in [-0.39, 0.29) is 28.5 Å². The smallest absolute Gasteiger partial charge is 0.272 e. The summed E-state index contributed by atoms with van der Waals surface area (Å²) in [6, 6.07) is 10.6. The molecule has 21 heavy (non-hydrogen) atoms. The van der Waals surface area contributed by atoms with Gasteiger partial charge in [-0.1, -0.05) is 29.8 Å². The second-order valence-electron chi connectivity index (χ2n) is 4.77. The highest BCUT2D eigenvalue weighted by Gasteiger charge is 2.24. The van der Waals surface area contributed by atoms with E-state index in [1.54, 1.807) is 12.1 Å². The first-order valence-electron chi connectivity index (χ1n) is 6.60. The van der Waals surface area contributed by atoms with Gasteiger partial charge in [-0.25, -0.2) is 4.98 Å². The van der Waals surface area contributed by atoms with E-state index >= 15 is 0 Å². The van der Waals surface area contributed by atoms with Gasteiger partial charge in [-0.15, -0.1) is 0 Å². The van der Waals surface area contributed by atoms with Crippen molar-refractivity contribution in [3.05, 3.63) is 52.7 Å². The Balaban J connectivity index is 1.84. The van der Waals surface area contributed by atoms with Crippen LogP contribution in [0.4, 0.5) is 5.82 Å². The number of para-hydroxylation sites is 1. The summed E-state index contributed by atoms with van der Waals surface area (Å²) < 4.78 is 5.57. The van der Waals surface area contributed by atoms with E-state index in [1.807, 2.05) is 24.3 Å². The van der Waals surface area contributed by atoms with Crippen LogP contribution in [-0.4, -0.2) is 17.5 Å². The van der Waals surface area contributed by atoms with Gasteiger partial charge in [0.15, 0.2) is 0 Å². The maximum absolute atomic E-state index is 12.3. The molecular formula is C15H14ClN3O2. The van der Waals surface area contributed by atoms with Crippen molar-refractivity contribution in [3.8, 4) is 5.75 Å². The number of nitrogens with zero attached hydrogens (tertiary/aromatic N) is 1. The first-order valence-corrected chi connectivity index (χ1v) is 6.97. The molecule has 0 saturated carbocycles. The van der Waals surface area contributed by atoms with E-state index in [0.29, 0.717) is 13.0 Å². The van der Waals surface area contributed by atoms with E-state index in [1.165, 1.54) is 0 Å². The van der Waals surface area contributed by atoms with Gasteiger partial charge in [-0.2, -0.15) is 0 Å². The van der Waals surface area contributed by atoms with Gasteiger partial charge in [0.25, 0.3) is 5.91 Å². The molecule has 1 aliphatic heterocycles. The molecule has 0 fully saturated rings. The number of nitrogens with two attached hydrogens (primary N) is 1. The number of benzene rings is 1. The Hall–Kier alpha value is -2.27. The highest BCUT2D eigenvalue weighted by atomic mass is 35.5. The second-order valence-corrected chi connectivity index (χ2v) is 5.17. The van der Waals surface area contributed by atoms with Gasteiger partial charge in [0.05, 0.1) is 17.7 Å². The zero-order valence-electron chi connectivity index (χ0n) is 11.2. The number of fused-ring (bicyclic) bond motifs is 1. The van der Waals surface area contributed by atoms with Crippen molar-refractivity contribution in [2.45, 2.75) is 12.5 Å². The highest BCUT2D eigenvalue weighted by Crippen LogP contribution is 2.31. The number of hydrogen-bond donors (Lipinski definition) is 2. The van der Waals surface area contributed by atoms with Gasteiger partial charge in [0.1, 0.15) is 17.3 Å². The van der Waals surface area contributed by atoms with Crippen LogP contribution in [0.15, 0.2) is 36.4 Å². The average molecular weight is 304 g/mol. The van der Waals surface area contributed by atoms with Gasteiger partial charge in [-0.05, 0) is 18.2 Å². The van der Waals surface area contributed by atoms with E-state index in [9.17, 15) is 4.79 Å². The van der Waals surface area contributed by atoms with E-state index in [2.05, 4.69) is 10.3 Å². The van der Waals surface area contributed by atoms with Crippen LogP contribution < -0.4 is 15.8 Å². The van der Waals surface area contributed by atoms with E-state index in [4.69, 9.17) is 22.1 Å². The van der Waals surface area contributed by atoms with Crippen molar-refractivity contribution in [1.29, 1.82) is 0 Å². The lowest BCUT2D eigenvalue weighted by atomic mass is 10.0. The summed E-state index contributed by atoms with van der Waals surface area (Å²) in [4.78, 5) is 16.3. The molecule has 1 aromatic carbocycles. The normalized spacial score (nSPS) is 16.7. The first-order chi connectivity index (χ1) is 10.1. The molecule has 0 aliphatic carbocycles. The SMILES string of the molecule is Nc1ccc(Cl)c(C(=O)NC2CCOc3ccccc32)n1. The Bertz CT molecular complexity index is 690. The molecule has 3 rings (SSSR count). The molecule has 0 bridgehead atoms. The molecule has 6 heteroatoms. The number of ether oxygens (including phenoxy) is 1. The molecule has 0 saturated heterocycles. The van der Waals surface area contributed by atoms with Crippen molar-refractivity contribution >= 4 is 23.3 Å². The second kappa shape index (κ2) is 5.61. The number of halogens is 1. The van der Waals surface area contributed by atoms with Crippen LogP contribution in [0.1, 0.15) is 28.5 Å². The summed E-state index contributed by atoms with van der Waals surface area (Å²) in [7, 11) is 0. The molecule has 1 unspecified atom stereocenters. The van der Waals surface area contributed by atoms with E-state index in [0.717, 1.165) is 11.3 Å². The van der Waals surface area contributed by atoms with Gasteiger partial charge < -0.3 is 15.8 Å². The fourth-order valence-electron chi connectivity index (χ4n) is 2.34. The van der Waals surface area contributed by atoms with Crippen molar-refractivity contribution in [3.63, 3.8) is 0 Å². The largest absolute Gasteiger partial charge is 0.493 e. The summed E-state index contributed by atoms with van der Waals surface area (Å²) in [5.41, 5.74) is 6.70. The number of rotatable bonds is 2. The maximum atomic E-state index is 12.3. The number of aromatic nitrogens is 1. The number of nitrogens with one attached hydrogen (secondary N) is 1. The van der Waals surface area contributed by atoms with Crippen LogP contribution in [0.2, 0.25) is 5.02 Å². The lowest BCUT2D eigenvalue weighted by Gasteiger charge is -2.26. The minimum atomic E-state index is -0.339. The fourth-order valence-corrected chi connectivity index (χ4v) is 2.53. The van der Waals surface area contributed by atoms with Crippen LogP contribution in [0, 0.1) is 0 Å². The zero-order chi connectivity index (χ0) is 14.8. The van der Waals surface area contributed by atoms with Crippen molar-refractivity contribution < 1.29 is 9.53 Å². The number of nitrogen functional groups attached to an aromatic ring is 1. The molecule has 1 atom stereocenters. The number of pyridine rings is 1. The quantitative estimate of drug-likeness (QED) is 0.894. The van der Waals surface area contributed by atoms with Crippen LogP contribution in [0.3, 0.4) is 0 Å². The number of carbonyl (C=O) groups excluding carboxylic acids is 1. The van der Waals surface area contributed by atoms with Gasteiger partial charge in [0, 0.05) is 12.0 Å². The summed E-state index contributed by atoms with van der Waals surface area (Å²) in [6.45, 7) is 0.556. The Labute approximate surface area is 127 Å². The highest BCUT2D eigenvalue weighted by molar-refractivity contribution is 6.33. The van der Waals surface area contributed by atoms with Crippen LogP contribution >= 0.6 is 11.6 Å². The van der Waals surface area contributed by atoms with Gasteiger partial charge >= 0.3 is 0 Å². The van der Waals surface area contributed by atoms with E-state index < -0.39 is 0 Å². The average Bonchev–Trinajstić information content (AvgIpc) is 2.50. The number of amides is 1. The fraction of sp³-hybridized carbons (Fsp3) is 0.200. The lowest BCUT2D eigenvalue weighted by Crippen LogP contribution is -2.32. The van der Waals surface area contributed by atoms with Crippen molar-refractivity contribution in [2.24, 2.45) is 0 Å². The minimum Gasteiger partial charge on any atom is -0.493 e. The molecule has 1 aliphatic rings. The zero-order valence-corrected chi connectivity index (χ0v) is 11.9. The summed E-state index contributed by atoms with van der Waals surface area (Å²) in [6.07, 6.45) is 0.697. The summed E-state index contributed by atoms with van der Waals surface area (Å²) in [5.74, 6) is 0.714. The predicted octanol–water partition coefficient (Wildman–Crippen LogP) is 2.57. The van der Waals surface area contributed by atoms with Crippen molar-refractivity contribution in [2.75, 3.05) is 12.3 Å². The maximum Gasteiger partial charge on any atom is 0.272 e. The third-order valence-corrected chi connectivity index (χ3v) is 3.65. The predicted molar refractivity (Wildman–Crippen MR) is 80.4 cm³/mol. The molecule has 5 nitrogen and oxygen atoms in total. The van der Waals surface area contributed by atoms with Crippen molar-refractivity contribution in [1.82, 2.24) is 10.3 Å². The molecule has 2 aromatic rings. The molecule has 0 radical (unpaired) electrons. The third kappa shape index (κ3) is 2.78. The Morgan fingerprint density at radius 2 is 2.14 bits per heavy atom. The van der Waals surface area contributed by atoms with Gasteiger partial charge in [0.2, 0.25) is 0 Å². The molecule has 3 N–H and O–H groups in total. The molecule has 1 amide bonds. The summed E-state index contributed by atoms with van der Waals surface area (Å²) in [5, 5.41) is 3.22. The lowest BCUT2D eigenvalue weighted by molar-refractivity contribution is 0.0920. The molecule has 108 valence electrons. The molecule has 2 heterocycles.